The molecule has 168 valence electrons. The zero-order valence-corrected chi connectivity index (χ0v) is 18.7. The predicted molar refractivity (Wildman–Crippen MR) is 124 cm³/mol. The molecule has 0 aromatic heterocycles. The van der Waals surface area contributed by atoms with Crippen LogP contribution in [0.1, 0.15) is 44.3 Å². The molecule has 1 aliphatic heterocycles. The lowest BCUT2D eigenvalue weighted by Crippen LogP contribution is -2.02. The van der Waals surface area contributed by atoms with Gasteiger partial charge in [-0.15, -0.1) is 0 Å². The summed E-state index contributed by atoms with van der Waals surface area (Å²) in [4.78, 5) is 24.5. The molecule has 0 aliphatic carbocycles. The maximum atomic E-state index is 13.0. The van der Waals surface area contributed by atoms with Gasteiger partial charge < -0.3 is 18.9 Å². The number of Topliss-reactive ketones (excluding diaryl/α,β-unsaturated/α-hetero) is 1. The Bertz CT molecular complexity index is 1220. The first-order valence-corrected chi connectivity index (χ1v) is 10.6. The largest absolute Gasteiger partial charge is 0.493 e. The van der Waals surface area contributed by atoms with Crippen molar-refractivity contribution in [2.45, 2.75) is 20.5 Å². The standard InChI is InChI=1S/C27H24O6/c1-4-31-22-8-6-5-7-20(22)14-24-26(28)25-17(2)13-21(15-23(25)33-24)32-16-18-9-11-19(12-10-18)27(29)30-3/h5-15H,4,16H2,1-3H3/b24-14-. The van der Waals surface area contributed by atoms with E-state index < -0.39 is 0 Å². The van der Waals surface area contributed by atoms with Crippen molar-refractivity contribution in [3.05, 3.63) is 94.2 Å². The Balaban J connectivity index is 1.52. The second kappa shape index (κ2) is 9.61. The van der Waals surface area contributed by atoms with Gasteiger partial charge in [0.15, 0.2) is 5.76 Å². The van der Waals surface area contributed by atoms with Gasteiger partial charge in [-0.3, -0.25) is 4.79 Å². The van der Waals surface area contributed by atoms with Crippen LogP contribution in [0, 0.1) is 6.92 Å². The monoisotopic (exact) mass is 444 g/mol. The first-order valence-electron chi connectivity index (χ1n) is 10.6. The van der Waals surface area contributed by atoms with E-state index in [4.69, 9.17) is 18.9 Å². The molecule has 0 unspecified atom stereocenters. The van der Waals surface area contributed by atoms with E-state index in [2.05, 4.69) is 0 Å². The first-order chi connectivity index (χ1) is 16.0. The van der Waals surface area contributed by atoms with Crippen molar-refractivity contribution in [1.82, 2.24) is 0 Å². The van der Waals surface area contributed by atoms with Gasteiger partial charge in [0, 0.05) is 11.6 Å². The van der Waals surface area contributed by atoms with Gasteiger partial charge in [-0.05, 0) is 55.3 Å². The summed E-state index contributed by atoms with van der Waals surface area (Å²) in [6, 6.07) is 18.0. The summed E-state index contributed by atoms with van der Waals surface area (Å²) in [7, 11) is 1.35. The second-order valence-electron chi connectivity index (χ2n) is 7.50. The highest BCUT2D eigenvalue weighted by molar-refractivity contribution is 6.15. The summed E-state index contributed by atoms with van der Waals surface area (Å²) >= 11 is 0. The van der Waals surface area contributed by atoms with E-state index in [0.717, 1.165) is 16.7 Å². The third kappa shape index (κ3) is 4.75. The molecule has 3 aromatic carbocycles. The predicted octanol–water partition coefficient (Wildman–Crippen LogP) is 5.38. The van der Waals surface area contributed by atoms with Gasteiger partial charge in [0.2, 0.25) is 5.78 Å². The SMILES string of the molecule is CCOc1ccccc1/C=C1\Oc2cc(OCc3ccc(C(=O)OC)cc3)cc(C)c2C1=O. The molecule has 0 N–H and O–H groups in total. The smallest absolute Gasteiger partial charge is 0.337 e. The molecule has 1 aliphatic rings. The Hall–Kier alpha value is -4.06. The fourth-order valence-electron chi connectivity index (χ4n) is 3.61. The highest BCUT2D eigenvalue weighted by Gasteiger charge is 2.30. The van der Waals surface area contributed by atoms with Crippen LogP contribution in [0.5, 0.6) is 17.2 Å². The molecule has 0 amide bonds. The van der Waals surface area contributed by atoms with E-state index in [0.29, 0.717) is 41.6 Å². The summed E-state index contributed by atoms with van der Waals surface area (Å²) in [5.74, 6) is 1.45. The number of rotatable bonds is 7. The number of allylic oxidation sites excluding steroid dienone is 1. The van der Waals surface area contributed by atoms with Crippen LogP contribution < -0.4 is 14.2 Å². The summed E-state index contributed by atoms with van der Waals surface area (Å²) in [6.07, 6.45) is 1.70. The summed E-state index contributed by atoms with van der Waals surface area (Å²) in [5.41, 5.74) is 3.46. The number of fused-ring (bicyclic) bond motifs is 1. The van der Waals surface area contributed by atoms with Crippen LogP contribution in [-0.2, 0) is 11.3 Å². The number of benzene rings is 3. The lowest BCUT2D eigenvalue weighted by atomic mass is 10.0. The maximum absolute atomic E-state index is 13.0. The molecule has 0 bridgehead atoms. The van der Waals surface area contributed by atoms with Crippen LogP contribution in [0.15, 0.2) is 66.4 Å². The zero-order chi connectivity index (χ0) is 23.4. The van der Waals surface area contributed by atoms with Crippen molar-refractivity contribution < 1.29 is 28.5 Å². The Morgan fingerprint density at radius 1 is 1.03 bits per heavy atom. The first kappa shape index (κ1) is 22.1. The van der Waals surface area contributed by atoms with Gasteiger partial charge in [-0.2, -0.15) is 0 Å². The van der Waals surface area contributed by atoms with Crippen LogP contribution in [-0.4, -0.2) is 25.5 Å². The molecular formula is C27H24O6. The van der Waals surface area contributed by atoms with Crippen molar-refractivity contribution in [1.29, 1.82) is 0 Å². The second-order valence-corrected chi connectivity index (χ2v) is 7.50. The molecule has 33 heavy (non-hydrogen) atoms. The number of hydrogen-bond acceptors (Lipinski definition) is 6. The van der Waals surface area contributed by atoms with Crippen LogP contribution >= 0.6 is 0 Å². The lowest BCUT2D eigenvalue weighted by Gasteiger charge is -2.10. The number of esters is 1. The molecule has 0 spiro atoms. The number of ketones is 1. The number of carbonyl (C=O) groups is 2. The molecule has 1 heterocycles. The molecule has 0 fully saturated rings. The Morgan fingerprint density at radius 3 is 2.52 bits per heavy atom. The number of carbonyl (C=O) groups excluding carboxylic acids is 2. The number of methoxy groups -OCH3 is 1. The van der Waals surface area contributed by atoms with Crippen LogP contribution in [0.4, 0.5) is 0 Å². The molecule has 3 aromatic rings. The van der Waals surface area contributed by atoms with Crippen LogP contribution in [0.2, 0.25) is 0 Å². The molecule has 0 radical (unpaired) electrons. The summed E-state index contributed by atoms with van der Waals surface area (Å²) in [5, 5.41) is 0. The molecule has 6 nitrogen and oxygen atoms in total. The number of aryl methyl sites for hydroxylation is 1. The topological polar surface area (TPSA) is 71.1 Å². The normalized spacial score (nSPS) is 13.4. The average molecular weight is 444 g/mol. The quantitative estimate of drug-likeness (QED) is 0.360. The van der Waals surface area contributed by atoms with E-state index in [9.17, 15) is 9.59 Å². The minimum absolute atomic E-state index is 0.168. The van der Waals surface area contributed by atoms with Crippen molar-refractivity contribution in [2.24, 2.45) is 0 Å². The number of para-hydroxylation sites is 1. The van der Waals surface area contributed by atoms with Gasteiger partial charge >= 0.3 is 5.97 Å². The highest BCUT2D eigenvalue weighted by atomic mass is 16.5. The lowest BCUT2D eigenvalue weighted by molar-refractivity contribution is 0.0600. The maximum Gasteiger partial charge on any atom is 0.337 e. The van der Waals surface area contributed by atoms with E-state index in [1.54, 1.807) is 24.3 Å². The number of hydrogen-bond donors (Lipinski definition) is 0. The highest BCUT2D eigenvalue weighted by Crippen LogP contribution is 2.38. The summed E-state index contributed by atoms with van der Waals surface area (Å²) in [6.45, 7) is 4.60. The summed E-state index contributed by atoms with van der Waals surface area (Å²) < 4.78 is 22.2. The van der Waals surface area contributed by atoms with E-state index in [1.165, 1.54) is 7.11 Å². The van der Waals surface area contributed by atoms with Crippen molar-refractivity contribution in [2.75, 3.05) is 13.7 Å². The Kier molecular flexibility index (Phi) is 6.45. The fourth-order valence-corrected chi connectivity index (χ4v) is 3.61. The molecule has 6 heteroatoms. The molecule has 0 saturated heterocycles. The van der Waals surface area contributed by atoms with E-state index in [1.807, 2.05) is 56.3 Å². The van der Waals surface area contributed by atoms with Gasteiger partial charge in [0.1, 0.15) is 23.9 Å². The van der Waals surface area contributed by atoms with Crippen molar-refractivity contribution >= 4 is 17.8 Å². The van der Waals surface area contributed by atoms with E-state index >= 15 is 0 Å². The van der Waals surface area contributed by atoms with Crippen LogP contribution in [0.3, 0.4) is 0 Å². The third-order valence-corrected chi connectivity index (χ3v) is 5.23. The third-order valence-electron chi connectivity index (χ3n) is 5.23. The van der Waals surface area contributed by atoms with Gasteiger partial charge in [0.05, 0.1) is 24.8 Å². The van der Waals surface area contributed by atoms with Crippen molar-refractivity contribution in [3.63, 3.8) is 0 Å². The molecular weight excluding hydrogens is 420 g/mol. The molecule has 0 saturated carbocycles. The number of ether oxygens (including phenoxy) is 4. The van der Waals surface area contributed by atoms with Gasteiger partial charge in [-0.1, -0.05) is 30.3 Å². The minimum atomic E-state index is -0.383. The van der Waals surface area contributed by atoms with Gasteiger partial charge in [-0.25, -0.2) is 4.79 Å². The van der Waals surface area contributed by atoms with Gasteiger partial charge in [0.25, 0.3) is 0 Å². The Labute approximate surface area is 192 Å². The molecule has 4 rings (SSSR count). The Morgan fingerprint density at radius 2 is 1.79 bits per heavy atom. The molecule has 0 atom stereocenters. The fraction of sp³-hybridized carbons (Fsp3) is 0.185. The minimum Gasteiger partial charge on any atom is -0.493 e. The van der Waals surface area contributed by atoms with Crippen LogP contribution in [0.25, 0.3) is 6.08 Å². The van der Waals surface area contributed by atoms with E-state index in [-0.39, 0.29) is 17.5 Å². The van der Waals surface area contributed by atoms with Crippen molar-refractivity contribution in [3.8, 4) is 17.2 Å². The zero-order valence-electron chi connectivity index (χ0n) is 18.7. The average Bonchev–Trinajstić information content (AvgIpc) is 3.14.